The highest BCUT2D eigenvalue weighted by molar-refractivity contribution is 5.87. The van der Waals surface area contributed by atoms with Crippen LogP contribution in [0.25, 0.3) is 0 Å². The van der Waals surface area contributed by atoms with E-state index in [-0.39, 0.29) is 17.9 Å². The number of ether oxygens (including phenoxy) is 2. The molecule has 0 bridgehead atoms. The summed E-state index contributed by atoms with van der Waals surface area (Å²) in [5.74, 6) is 1.31. The summed E-state index contributed by atoms with van der Waals surface area (Å²) in [5, 5.41) is 2.94. The van der Waals surface area contributed by atoms with Gasteiger partial charge in [-0.2, -0.15) is 0 Å². The van der Waals surface area contributed by atoms with Gasteiger partial charge in [0.2, 0.25) is 11.8 Å². The third kappa shape index (κ3) is 7.96. The van der Waals surface area contributed by atoms with Crippen LogP contribution in [0.4, 0.5) is 0 Å². The van der Waals surface area contributed by atoms with Crippen LogP contribution in [0.3, 0.4) is 0 Å². The molecule has 168 valence electrons. The first-order valence-corrected chi connectivity index (χ1v) is 10.8. The third-order valence-corrected chi connectivity index (χ3v) is 4.85. The largest absolute Gasteiger partial charge is 0.497 e. The number of para-hydroxylation sites is 1. The summed E-state index contributed by atoms with van der Waals surface area (Å²) in [7, 11) is 1.61. The van der Waals surface area contributed by atoms with Crippen LogP contribution in [0.5, 0.6) is 11.5 Å². The van der Waals surface area contributed by atoms with Gasteiger partial charge in [0.25, 0.3) is 0 Å². The van der Waals surface area contributed by atoms with Crippen LogP contribution in [-0.2, 0) is 16.1 Å². The fourth-order valence-electron chi connectivity index (χ4n) is 3.34. The van der Waals surface area contributed by atoms with Crippen molar-refractivity contribution in [1.82, 2.24) is 10.2 Å². The lowest BCUT2D eigenvalue weighted by atomic mass is 10.1. The van der Waals surface area contributed by atoms with Gasteiger partial charge >= 0.3 is 0 Å². The maximum absolute atomic E-state index is 13.2. The van der Waals surface area contributed by atoms with Crippen molar-refractivity contribution < 1.29 is 19.1 Å². The molecule has 0 aliphatic carbocycles. The van der Waals surface area contributed by atoms with Gasteiger partial charge < -0.3 is 19.7 Å². The lowest BCUT2D eigenvalue weighted by Gasteiger charge is -2.31. The predicted molar refractivity (Wildman–Crippen MR) is 122 cm³/mol. The summed E-state index contributed by atoms with van der Waals surface area (Å²) in [6, 6.07) is 16.6. The van der Waals surface area contributed by atoms with Crippen LogP contribution < -0.4 is 14.8 Å². The van der Waals surface area contributed by atoms with Crippen LogP contribution in [0, 0.1) is 0 Å². The van der Waals surface area contributed by atoms with E-state index in [1.54, 1.807) is 12.0 Å². The van der Waals surface area contributed by atoms with Crippen molar-refractivity contribution in [3.8, 4) is 11.5 Å². The number of nitrogens with one attached hydrogen (secondary N) is 1. The highest BCUT2D eigenvalue weighted by atomic mass is 16.5. The molecule has 0 aromatic heterocycles. The molecular formula is C25H34N2O4. The predicted octanol–water partition coefficient (Wildman–Crippen LogP) is 4.19. The maximum Gasteiger partial charge on any atom is 0.243 e. The normalized spacial score (nSPS) is 11.6. The smallest absolute Gasteiger partial charge is 0.243 e. The van der Waals surface area contributed by atoms with Gasteiger partial charge in [0.1, 0.15) is 17.5 Å². The lowest BCUT2D eigenvalue weighted by molar-refractivity contribution is -0.141. The molecule has 0 saturated heterocycles. The Labute approximate surface area is 185 Å². The number of methoxy groups -OCH3 is 1. The van der Waals surface area contributed by atoms with E-state index < -0.39 is 6.04 Å². The van der Waals surface area contributed by atoms with E-state index in [2.05, 4.69) is 5.32 Å². The summed E-state index contributed by atoms with van der Waals surface area (Å²) in [4.78, 5) is 27.6. The minimum Gasteiger partial charge on any atom is -0.497 e. The molecule has 31 heavy (non-hydrogen) atoms. The minimum absolute atomic E-state index is 0.00888. The van der Waals surface area contributed by atoms with E-state index in [1.165, 1.54) is 0 Å². The van der Waals surface area contributed by atoms with Gasteiger partial charge in [-0.15, -0.1) is 0 Å². The highest BCUT2D eigenvalue weighted by Crippen LogP contribution is 2.18. The summed E-state index contributed by atoms with van der Waals surface area (Å²) < 4.78 is 11.0. The zero-order valence-electron chi connectivity index (χ0n) is 19.0. The minimum atomic E-state index is -0.531. The molecule has 2 amide bonds. The van der Waals surface area contributed by atoms with Gasteiger partial charge in [0.15, 0.2) is 0 Å². The van der Waals surface area contributed by atoms with Crippen molar-refractivity contribution in [2.75, 3.05) is 13.7 Å². The molecule has 0 heterocycles. The van der Waals surface area contributed by atoms with Crippen molar-refractivity contribution in [1.29, 1.82) is 0 Å². The molecule has 1 N–H and O–H groups in total. The molecule has 2 rings (SSSR count). The Morgan fingerprint density at radius 1 is 1.03 bits per heavy atom. The van der Waals surface area contributed by atoms with E-state index in [1.807, 2.05) is 75.4 Å². The quantitative estimate of drug-likeness (QED) is 0.517. The van der Waals surface area contributed by atoms with Gasteiger partial charge in [-0.25, -0.2) is 0 Å². The first-order valence-electron chi connectivity index (χ1n) is 10.8. The number of benzene rings is 2. The molecule has 1 unspecified atom stereocenters. The topological polar surface area (TPSA) is 67.9 Å². The molecule has 1 atom stereocenters. The Balaban J connectivity index is 2.08. The van der Waals surface area contributed by atoms with Crippen molar-refractivity contribution in [2.24, 2.45) is 0 Å². The summed E-state index contributed by atoms with van der Waals surface area (Å²) in [6.45, 7) is 6.55. The van der Waals surface area contributed by atoms with Gasteiger partial charge in [0, 0.05) is 19.0 Å². The molecule has 0 fully saturated rings. The molecule has 0 radical (unpaired) electrons. The average molecular weight is 427 g/mol. The van der Waals surface area contributed by atoms with Gasteiger partial charge in [-0.1, -0.05) is 37.3 Å². The first-order chi connectivity index (χ1) is 14.9. The fraction of sp³-hybridized carbons (Fsp3) is 0.440. The van der Waals surface area contributed by atoms with Crippen LogP contribution >= 0.6 is 0 Å². The summed E-state index contributed by atoms with van der Waals surface area (Å²) in [5.41, 5.74) is 0.920. The van der Waals surface area contributed by atoms with Crippen molar-refractivity contribution in [3.05, 3.63) is 60.2 Å². The highest BCUT2D eigenvalue weighted by Gasteiger charge is 2.28. The average Bonchev–Trinajstić information content (AvgIpc) is 2.76. The second kappa shape index (κ2) is 12.6. The van der Waals surface area contributed by atoms with Gasteiger partial charge in [-0.05, 0) is 56.5 Å². The number of carbonyl (C=O) groups excluding carboxylic acids is 2. The number of hydrogen-bond acceptors (Lipinski definition) is 4. The Hall–Kier alpha value is -3.02. The molecule has 6 heteroatoms. The van der Waals surface area contributed by atoms with E-state index in [4.69, 9.17) is 9.47 Å². The number of nitrogens with zero attached hydrogens (tertiary/aromatic N) is 1. The Kier molecular flexibility index (Phi) is 9.88. The molecule has 0 aliphatic rings. The Morgan fingerprint density at radius 3 is 2.39 bits per heavy atom. The first kappa shape index (κ1) is 24.3. The van der Waals surface area contributed by atoms with Crippen molar-refractivity contribution in [3.63, 3.8) is 0 Å². The van der Waals surface area contributed by atoms with Crippen LogP contribution in [0.1, 0.15) is 45.6 Å². The van der Waals surface area contributed by atoms with E-state index >= 15 is 0 Å². The lowest BCUT2D eigenvalue weighted by Crippen LogP contribution is -2.50. The molecule has 0 spiro atoms. The number of rotatable bonds is 12. The maximum atomic E-state index is 13.2. The molecule has 0 aliphatic heterocycles. The second-order valence-electron chi connectivity index (χ2n) is 7.73. The third-order valence-electron chi connectivity index (χ3n) is 4.85. The number of amides is 2. The molecule has 2 aromatic rings. The van der Waals surface area contributed by atoms with Crippen LogP contribution in [0.15, 0.2) is 54.6 Å². The second-order valence-corrected chi connectivity index (χ2v) is 7.73. The van der Waals surface area contributed by atoms with E-state index in [9.17, 15) is 9.59 Å². The van der Waals surface area contributed by atoms with Crippen LogP contribution in [0.2, 0.25) is 0 Å². The molecule has 6 nitrogen and oxygen atoms in total. The fourth-order valence-corrected chi connectivity index (χ4v) is 3.34. The molecular weight excluding hydrogens is 392 g/mol. The standard InChI is InChI=1S/C25H34N2O4/c1-5-23(25(29)26-19(2)3)27(18-20-11-9-14-22(17-20)30-4)24(28)15-10-16-31-21-12-7-6-8-13-21/h6-9,11-14,17,19,23H,5,10,15-16,18H2,1-4H3,(H,26,29). The zero-order chi connectivity index (χ0) is 22.6. The van der Waals surface area contributed by atoms with E-state index in [0.717, 1.165) is 17.1 Å². The summed E-state index contributed by atoms with van der Waals surface area (Å²) >= 11 is 0. The SMILES string of the molecule is CCC(C(=O)NC(C)C)N(Cc1cccc(OC)c1)C(=O)CCCOc1ccccc1. The Morgan fingerprint density at radius 2 is 1.74 bits per heavy atom. The van der Waals surface area contributed by atoms with Crippen molar-refractivity contribution in [2.45, 2.75) is 58.7 Å². The summed E-state index contributed by atoms with van der Waals surface area (Å²) in [6.07, 6.45) is 1.42. The number of hydrogen-bond donors (Lipinski definition) is 1. The molecule has 2 aromatic carbocycles. The van der Waals surface area contributed by atoms with E-state index in [0.29, 0.717) is 32.4 Å². The van der Waals surface area contributed by atoms with Crippen LogP contribution in [-0.4, -0.2) is 42.5 Å². The van der Waals surface area contributed by atoms with Gasteiger partial charge in [-0.3, -0.25) is 9.59 Å². The van der Waals surface area contributed by atoms with Crippen molar-refractivity contribution >= 4 is 11.8 Å². The number of carbonyl (C=O) groups is 2. The monoisotopic (exact) mass is 426 g/mol. The van der Waals surface area contributed by atoms with Gasteiger partial charge in [0.05, 0.1) is 13.7 Å². The molecule has 0 saturated carbocycles. The Bertz CT molecular complexity index is 823. The zero-order valence-corrected chi connectivity index (χ0v) is 19.0.